The molecule has 0 spiro atoms. The molecule has 0 radical (unpaired) electrons. The molecule has 2 saturated heterocycles. The van der Waals surface area contributed by atoms with Crippen LogP contribution in [0.15, 0.2) is 0 Å². The second kappa shape index (κ2) is 2.70. The van der Waals surface area contributed by atoms with Crippen LogP contribution < -0.4 is 0 Å². The summed E-state index contributed by atoms with van der Waals surface area (Å²) in [4.78, 5) is 23.7. The maximum absolute atomic E-state index is 11.5. The van der Waals surface area contributed by atoms with Crippen molar-refractivity contribution in [3.8, 4) is 0 Å². The average molecular weight is 185 g/mol. The van der Waals surface area contributed by atoms with Gasteiger partial charge < -0.3 is 14.4 Å². The van der Waals surface area contributed by atoms with Crippen LogP contribution in [0.4, 0.5) is 0 Å². The Balaban J connectivity index is 2.11. The molecule has 0 aromatic heterocycles. The van der Waals surface area contributed by atoms with Gasteiger partial charge in [0, 0.05) is 14.0 Å². The molecule has 0 aliphatic carbocycles. The first-order chi connectivity index (χ1) is 6.11. The molecule has 5 nitrogen and oxygen atoms in total. The lowest BCUT2D eigenvalue weighted by molar-refractivity contribution is -0.167. The van der Waals surface area contributed by atoms with Crippen LogP contribution in [0.1, 0.15) is 6.92 Å². The molecule has 13 heavy (non-hydrogen) atoms. The zero-order valence-electron chi connectivity index (χ0n) is 7.52. The third-order valence-electron chi connectivity index (χ3n) is 2.52. The number of nitrogens with zero attached hydrogens (tertiary/aromatic N) is 1. The van der Waals surface area contributed by atoms with E-state index in [0.717, 1.165) is 0 Å². The predicted octanol–water partition coefficient (Wildman–Crippen LogP) is -0.842. The lowest BCUT2D eigenvalue weighted by Crippen LogP contribution is -2.50. The van der Waals surface area contributed by atoms with Crippen molar-refractivity contribution in [1.29, 1.82) is 0 Å². The fourth-order valence-corrected chi connectivity index (χ4v) is 1.72. The van der Waals surface area contributed by atoms with Gasteiger partial charge in [-0.1, -0.05) is 0 Å². The SMILES string of the molecule is CC(=O)OC1C(=O)N(C)[C@H]2COC12. The number of likely N-dealkylation sites (N-methyl/N-ethyl adjacent to an activating group) is 1. The zero-order valence-corrected chi connectivity index (χ0v) is 7.52. The van der Waals surface area contributed by atoms with Gasteiger partial charge in [0.25, 0.3) is 5.91 Å². The van der Waals surface area contributed by atoms with Gasteiger partial charge in [-0.3, -0.25) is 9.59 Å². The van der Waals surface area contributed by atoms with Crippen molar-refractivity contribution >= 4 is 11.9 Å². The molecule has 72 valence electrons. The van der Waals surface area contributed by atoms with Crippen molar-refractivity contribution in [3.05, 3.63) is 0 Å². The number of hydrogen-bond donors (Lipinski definition) is 0. The fraction of sp³-hybridized carbons (Fsp3) is 0.750. The Labute approximate surface area is 75.6 Å². The number of ether oxygens (including phenoxy) is 2. The summed E-state index contributed by atoms with van der Waals surface area (Å²) in [5, 5.41) is 0. The molecule has 0 bridgehead atoms. The number of amides is 1. The van der Waals surface area contributed by atoms with E-state index in [1.807, 2.05) is 0 Å². The Morgan fingerprint density at radius 1 is 1.69 bits per heavy atom. The topological polar surface area (TPSA) is 55.8 Å². The Kier molecular flexibility index (Phi) is 1.76. The van der Waals surface area contributed by atoms with E-state index in [4.69, 9.17) is 9.47 Å². The van der Waals surface area contributed by atoms with Gasteiger partial charge in [-0.25, -0.2) is 0 Å². The minimum absolute atomic E-state index is 0.0943. The molecule has 3 atom stereocenters. The molecule has 5 heteroatoms. The van der Waals surface area contributed by atoms with Crippen LogP contribution in [0, 0.1) is 0 Å². The van der Waals surface area contributed by atoms with Crippen LogP contribution in [-0.4, -0.2) is 48.7 Å². The Morgan fingerprint density at radius 3 is 2.77 bits per heavy atom. The van der Waals surface area contributed by atoms with Crippen LogP contribution in [0.3, 0.4) is 0 Å². The van der Waals surface area contributed by atoms with E-state index < -0.39 is 12.1 Å². The van der Waals surface area contributed by atoms with Crippen molar-refractivity contribution in [2.45, 2.75) is 25.2 Å². The summed E-state index contributed by atoms with van der Waals surface area (Å²) in [6, 6.07) is 0.0943. The summed E-state index contributed by atoms with van der Waals surface area (Å²) < 4.78 is 10.0. The maximum atomic E-state index is 11.5. The number of likely N-dealkylation sites (tertiary alicyclic amines) is 1. The number of fused-ring (bicyclic) bond motifs is 1. The van der Waals surface area contributed by atoms with Gasteiger partial charge in [0.05, 0.1) is 12.6 Å². The molecule has 2 aliphatic rings. The predicted molar refractivity (Wildman–Crippen MR) is 41.9 cm³/mol. The standard InChI is InChI=1S/C8H11NO4/c1-4(10)13-7-6-5(3-12-6)9(2)8(7)11/h5-7H,3H2,1-2H3/t5-,6?,7?/m0/s1. The molecule has 2 heterocycles. The monoisotopic (exact) mass is 185 g/mol. The molecule has 0 saturated carbocycles. The van der Waals surface area contributed by atoms with E-state index >= 15 is 0 Å². The molecule has 2 unspecified atom stereocenters. The molecule has 2 fully saturated rings. The lowest BCUT2D eigenvalue weighted by Gasteiger charge is -2.34. The van der Waals surface area contributed by atoms with Crippen LogP contribution in [-0.2, 0) is 19.1 Å². The summed E-state index contributed by atoms with van der Waals surface area (Å²) >= 11 is 0. The summed E-state index contributed by atoms with van der Waals surface area (Å²) in [6.07, 6.45) is -0.970. The van der Waals surface area contributed by atoms with Gasteiger partial charge in [0.2, 0.25) is 6.10 Å². The Hall–Kier alpha value is -1.10. The number of carbonyl (C=O) groups excluding carboxylic acids is 2. The minimum Gasteiger partial charge on any atom is -0.450 e. The normalized spacial score (nSPS) is 36.9. The molecule has 2 rings (SSSR count). The highest BCUT2D eigenvalue weighted by atomic mass is 16.6. The van der Waals surface area contributed by atoms with E-state index in [1.54, 1.807) is 11.9 Å². The second-order valence-corrected chi connectivity index (χ2v) is 3.34. The summed E-state index contributed by atoms with van der Waals surface area (Å²) in [5.74, 6) is -0.606. The van der Waals surface area contributed by atoms with E-state index in [-0.39, 0.29) is 18.1 Å². The highest BCUT2D eigenvalue weighted by molar-refractivity contribution is 5.87. The van der Waals surface area contributed by atoms with E-state index in [2.05, 4.69) is 0 Å². The van der Waals surface area contributed by atoms with Crippen molar-refractivity contribution in [2.75, 3.05) is 13.7 Å². The minimum atomic E-state index is -0.721. The first kappa shape index (κ1) is 8.50. The smallest absolute Gasteiger partial charge is 0.303 e. The van der Waals surface area contributed by atoms with Gasteiger partial charge in [-0.2, -0.15) is 0 Å². The quantitative estimate of drug-likeness (QED) is 0.500. The van der Waals surface area contributed by atoms with E-state index in [0.29, 0.717) is 6.61 Å². The fourth-order valence-electron chi connectivity index (χ4n) is 1.72. The van der Waals surface area contributed by atoms with Crippen LogP contribution >= 0.6 is 0 Å². The number of esters is 1. The first-order valence-electron chi connectivity index (χ1n) is 4.17. The zero-order chi connectivity index (χ0) is 9.59. The summed E-state index contributed by atoms with van der Waals surface area (Å²) in [5.41, 5.74) is 0. The summed E-state index contributed by atoms with van der Waals surface area (Å²) in [7, 11) is 1.70. The Bertz CT molecular complexity index is 265. The molecule has 1 amide bonds. The molecule has 2 aliphatic heterocycles. The highest BCUT2D eigenvalue weighted by Gasteiger charge is 2.54. The first-order valence-corrected chi connectivity index (χ1v) is 4.17. The average Bonchev–Trinajstić information content (AvgIpc) is 2.10. The van der Waals surface area contributed by atoms with Crippen molar-refractivity contribution in [1.82, 2.24) is 4.90 Å². The third-order valence-corrected chi connectivity index (χ3v) is 2.52. The molecule has 0 aromatic carbocycles. The highest BCUT2D eigenvalue weighted by Crippen LogP contribution is 2.31. The number of hydrogen-bond acceptors (Lipinski definition) is 4. The Morgan fingerprint density at radius 2 is 2.38 bits per heavy atom. The number of rotatable bonds is 1. The van der Waals surface area contributed by atoms with E-state index in [1.165, 1.54) is 6.92 Å². The molecule has 0 N–H and O–H groups in total. The summed E-state index contributed by atoms with van der Waals surface area (Å²) in [6.45, 7) is 1.84. The largest absolute Gasteiger partial charge is 0.450 e. The van der Waals surface area contributed by atoms with Crippen molar-refractivity contribution in [2.24, 2.45) is 0 Å². The molecule has 0 aromatic rings. The number of carbonyl (C=O) groups is 2. The van der Waals surface area contributed by atoms with Crippen LogP contribution in [0.5, 0.6) is 0 Å². The molecular weight excluding hydrogens is 174 g/mol. The second-order valence-electron chi connectivity index (χ2n) is 3.34. The van der Waals surface area contributed by atoms with Gasteiger partial charge in [0.1, 0.15) is 6.10 Å². The van der Waals surface area contributed by atoms with E-state index in [9.17, 15) is 9.59 Å². The van der Waals surface area contributed by atoms with Gasteiger partial charge in [0.15, 0.2) is 0 Å². The van der Waals surface area contributed by atoms with Gasteiger partial charge in [-0.05, 0) is 0 Å². The van der Waals surface area contributed by atoms with Gasteiger partial charge in [-0.15, -0.1) is 0 Å². The third kappa shape index (κ3) is 1.11. The van der Waals surface area contributed by atoms with Crippen molar-refractivity contribution < 1.29 is 19.1 Å². The van der Waals surface area contributed by atoms with Gasteiger partial charge >= 0.3 is 5.97 Å². The maximum Gasteiger partial charge on any atom is 0.303 e. The van der Waals surface area contributed by atoms with Crippen LogP contribution in [0.2, 0.25) is 0 Å². The van der Waals surface area contributed by atoms with Crippen molar-refractivity contribution in [3.63, 3.8) is 0 Å². The molecular formula is C8H11NO4. The van der Waals surface area contributed by atoms with Crippen LogP contribution in [0.25, 0.3) is 0 Å². The lowest BCUT2D eigenvalue weighted by atomic mass is 10.1.